The number of thioether (sulfide) groups is 1. The van der Waals surface area contributed by atoms with E-state index in [4.69, 9.17) is 11.6 Å². The van der Waals surface area contributed by atoms with E-state index in [2.05, 4.69) is 66.2 Å². The summed E-state index contributed by atoms with van der Waals surface area (Å²) in [7, 11) is 1.95. The van der Waals surface area contributed by atoms with Crippen molar-refractivity contribution in [3.8, 4) is 11.4 Å². The summed E-state index contributed by atoms with van der Waals surface area (Å²) in [6, 6.07) is 16.3. The number of carbonyl (C=O) groups is 1. The number of hydrogen-bond acceptors (Lipinski definition) is 5. The molecule has 0 atom stereocenters. The zero-order valence-corrected chi connectivity index (χ0v) is 21.2. The molecule has 8 heteroatoms. The summed E-state index contributed by atoms with van der Waals surface area (Å²) in [5.74, 6) is 1.29. The van der Waals surface area contributed by atoms with Gasteiger partial charge < -0.3 is 14.4 Å². The number of hydrogen-bond donors (Lipinski definition) is 0. The number of halogens is 1. The molecule has 6 nitrogen and oxygen atoms in total. The van der Waals surface area contributed by atoms with Gasteiger partial charge in [0, 0.05) is 49.5 Å². The lowest BCUT2D eigenvalue weighted by Gasteiger charge is -2.36. The van der Waals surface area contributed by atoms with Crippen LogP contribution in [-0.2, 0) is 17.3 Å². The smallest absolute Gasteiger partial charge is 0.233 e. The summed E-state index contributed by atoms with van der Waals surface area (Å²) in [4.78, 5) is 17.0. The van der Waals surface area contributed by atoms with Gasteiger partial charge >= 0.3 is 0 Å². The summed E-state index contributed by atoms with van der Waals surface area (Å²) < 4.78 is 1.96. The Bertz CT molecular complexity index is 1110. The first kappa shape index (κ1) is 23.6. The van der Waals surface area contributed by atoms with Crippen LogP contribution in [0.2, 0.25) is 5.02 Å². The lowest BCUT2D eigenvalue weighted by Crippen LogP contribution is -2.49. The molecule has 4 rings (SSSR count). The number of piperazine rings is 1. The number of anilines is 1. The third-order valence-corrected chi connectivity index (χ3v) is 7.21. The first-order chi connectivity index (χ1) is 15.7. The van der Waals surface area contributed by atoms with Gasteiger partial charge in [-0.1, -0.05) is 74.5 Å². The van der Waals surface area contributed by atoms with E-state index in [-0.39, 0.29) is 11.3 Å². The fraction of sp³-hybridized carbons (Fsp3) is 0.400. The van der Waals surface area contributed by atoms with Gasteiger partial charge in [0.1, 0.15) is 0 Å². The lowest BCUT2D eigenvalue weighted by atomic mass is 9.87. The maximum Gasteiger partial charge on any atom is 0.233 e. The van der Waals surface area contributed by atoms with Crippen LogP contribution < -0.4 is 4.90 Å². The Labute approximate surface area is 204 Å². The fourth-order valence-corrected chi connectivity index (χ4v) is 4.91. The Kier molecular flexibility index (Phi) is 7.00. The van der Waals surface area contributed by atoms with Gasteiger partial charge in [-0.3, -0.25) is 4.79 Å². The minimum atomic E-state index is 0.111. The molecule has 0 aliphatic carbocycles. The summed E-state index contributed by atoms with van der Waals surface area (Å²) in [6.07, 6.45) is 0. The Hall–Kier alpha value is -2.51. The van der Waals surface area contributed by atoms with Crippen molar-refractivity contribution in [1.29, 1.82) is 0 Å². The van der Waals surface area contributed by atoms with Gasteiger partial charge in [-0.15, -0.1) is 10.2 Å². The molecule has 1 aliphatic heterocycles. The van der Waals surface area contributed by atoms with E-state index in [1.54, 1.807) is 0 Å². The van der Waals surface area contributed by atoms with Gasteiger partial charge in [0.05, 0.1) is 5.75 Å². The van der Waals surface area contributed by atoms with Gasteiger partial charge in [0.25, 0.3) is 0 Å². The minimum absolute atomic E-state index is 0.111. The number of amides is 1. The van der Waals surface area contributed by atoms with Gasteiger partial charge in [0.15, 0.2) is 11.0 Å². The van der Waals surface area contributed by atoms with Crippen LogP contribution in [0.1, 0.15) is 26.3 Å². The molecule has 174 valence electrons. The zero-order valence-electron chi connectivity index (χ0n) is 19.6. The predicted molar refractivity (Wildman–Crippen MR) is 136 cm³/mol. The minimum Gasteiger partial charge on any atom is -0.368 e. The summed E-state index contributed by atoms with van der Waals surface area (Å²) in [5, 5.41) is 10.2. The number of rotatable bonds is 5. The summed E-state index contributed by atoms with van der Waals surface area (Å²) in [6.45, 7) is 9.62. The summed E-state index contributed by atoms with van der Waals surface area (Å²) in [5.41, 5.74) is 3.52. The molecule has 0 radical (unpaired) electrons. The maximum absolute atomic E-state index is 12.8. The number of carbonyl (C=O) groups excluding carboxylic acids is 1. The first-order valence-electron chi connectivity index (χ1n) is 11.1. The van der Waals surface area contributed by atoms with Crippen molar-refractivity contribution >= 4 is 35.0 Å². The van der Waals surface area contributed by atoms with E-state index in [1.807, 2.05) is 34.7 Å². The Morgan fingerprint density at radius 1 is 1.03 bits per heavy atom. The average Bonchev–Trinajstić information content (AvgIpc) is 3.17. The fourth-order valence-electron chi connectivity index (χ4n) is 3.92. The molecule has 3 aromatic rings. The second kappa shape index (κ2) is 9.77. The molecular weight excluding hydrogens is 454 g/mol. The molecule has 1 fully saturated rings. The topological polar surface area (TPSA) is 54.3 Å². The second-order valence-corrected chi connectivity index (χ2v) is 10.7. The Morgan fingerprint density at radius 2 is 1.73 bits per heavy atom. The van der Waals surface area contributed by atoms with Crippen molar-refractivity contribution in [2.45, 2.75) is 31.3 Å². The molecule has 2 heterocycles. The van der Waals surface area contributed by atoms with Crippen molar-refractivity contribution in [2.24, 2.45) is 7.05 Å². The third-order valence-electron chi connectivity index (χ3n) is 5.97. The van der Waals surface area contributed by atoms with Gasteiger partial charge in [0.2, 0.25) is 5.91 Å². The van der Waals surface area contributed by atoms with Crippen molar-refractivity contribution in [1.82, 2.24) is 19.7 Å². The largest absolute Gasteiger partial charge is 0.368 e. The number of nitrogens with zero attached hydrogens (tertiary/aromatic N) is 5. The quantitative estimate of drug-likeness (QED) is 0.484. The van der Waals surface area contributed by atoms with E-state index in [1.165, 1.54) is 17.3 Å². The predicted octanol–water partition coefficient (Wildman–Crippen LogP) is 4.87. The molecule has 1 aliphatic rings. The van der Waals surface area contributed by atoms with E-state index in [0.717, 1.165) is 40.3 Å². The monoisotopic (exact) mass is 483 g/mol. The van der Waals surface area contributed by atoms with Gasteiger partial charge in [-0.2, -0.15) is 0 Å². The molecular formula is C25H30ClN5OS. The second-order valence-electron chi connectivity index (χ2n) is 9.33. The molecule has 0 unspecified atom stereocenters. The first-order valence-corrected chi connectivity index (χ1v) is 12.5. The SMILES string of the molecule is Cn1c(SCC(=O)N2CCN(c3cccc(Cl)c3)CC2)nnc1-c1ccc(C(C)(C)C)cc1. The van der Waals surface area contributed by atoms with Crippen LogP contribution in [0.15, 0.2) is 53.7 Å². The van der Waals surface area contributed by atoms with E-state index < -0.39 is 0 Å². The van der Waals surface area contributed by atoms with E-state index in [9.17, 15) is 4.79 Å². The van der Waals surface area contributed by atoms with Gasteiger partial charge in [-0.25, -0.2) is 0 Å². The molecule has 1 amide bonds. The molecule has 0 N–H and O–H groups in total. The number of benzene rings is 2. The highest BCUT2D eigenvalue weighted by atomic mass is 35.5. The highest BCUT2D eigenvalue weighted by molar-refractivity contribution is 7.99. The van der Waals surface area contributed by atoms with Crippen molar-refractivity contribution in [3.05, 3.63) is 59.1 Å². The van der Waals surface area contributed by atoms with E-state index >= 15 is 0 Å². The molecule has 1 aromatic heterocycles. The van der Waals surface area contributed by atoms with Crippen LogP contribution in [-0.4, -0.2) is 57.5 Å². The average molecular weight is 484 g/mol. The highest BCUT2D eigenvalue weighted by Crippen LogP contribution is 2.27. The normalized spacial score (nSPS) is 14.6. The van der Waals surface area contributed by atoms with Crippen LogP contribution in [0.3, 0.4) is 0 Å². The van der Waals surface area contributed by atoms with Crippen molar-refractivity contribution < 1.29 is 4.79 Å². The molecule has 33 heavy (non-hydrogen) atoms. The maximum atomic E-state index is 12.8. The zero-order chi connectivity index (χ0) is 23.6. The van der Waals surface area contributed by atoms with Gasteiger partial charge in [-0.05, 0) is 29.2 Å². The van der Waals surface area contributed by atoms with Crippen LogP contribution in [0.4, 0.5) is 5.69 Å². The van der Waals surface area contributed by atoms with Crippen LogP contribution in [0.5, 0.6) is 0 Å². The summed E-state index contributed by atoms with van der Waals surface area (Å²) >= 11 is 7.55. The third kappa shape index (κ3) is 5.53. The lowest BCUT2D eigenvalue weighted by molar-refractivity contribution is -0.128. The van der Waals surface area contributed by atoms with Crippen molar-refractivity contribution in [3.63, 3.8) is 0 Å². The molecule has 1 saturated heterocycles. The molecule has 0 bridgehead atoms. The van der Waals surface area contributed by atoms with Crippen LogP contribution >= 0.6 is 23.4 Å². The van der Waals surface area contributed by atoms with Crippen molar-refractivity contribution in [2.75, 3.05) is 36.8 Å². The standard InChI is InChI=1S/C25H30ClN5OS/c1-25(2,3)19-10-8-18(9-11-19)23-27-28-24(29(23)4)33-17-22(32)31-14-12-30(13-15-31)21-7-5-6-20(26)16-21/h5-11,16H,12-15,17H2,1-4H3. The van der Waals surface area contributed by atoms with Crippen LogP contribution in [0, 0.1) is 0 Å². The van der Waals surface area contributed by atoms with Crippen LogP contribution in [0.25, 0.3) is 11.4 Å². The highest BCUT2D eigenvalue weighted by Gasteiger charge is 2.22. The number of aromatic nitrogens is 3. The Morgan fingerprint density at radius 3 is 2.36 bits per heavy atom. The Balaban J connectivity index is 1.33. The molecule has 0 saturated carbocycles. The molecule has 0 spiro atoms. The molecule has 2 aromatic carbocycles. The van der Waals surface area contributed by atoms with E-state index in [0.29, 0.717) is 18.8 Å².